The molecule has 1 fully saturated rings. The number of ether oxygens (including phenoxy) is 8. The second kappa shape index (κ2) is 36.8. The van der Waals surface area contributed by atoms with E-state index in [2.05, 4.69) is 61.5 Å². The van der Waals surface area contributed by atoms with Crippen LogP contribution in [0.15, 0.2) is 231 Å². The van der Waals surface area contributed by atoms with E-state index in [1.165, 1.54) is 57.8 Å². The Balaban J connectivity index is 0.715. The average molecular weight is 1170 g/mol. The van der Waals surface area contributed by atoms with Crippen LogP contribution in [-0.2, 0) is 72.6 Å². The molecular weight excluding hydrogens is 1080 g/mol. The summed E-state index contributed by atoms with van der Waals surface area (Å²) in [4.78, 5) is 14.4. The lowest BCUT2D eigenvalue weighted by atomic mass is 9.97. The van der Waals surface area contributed by atoms with Gasteiger partial charge in [-0.05, 0) is 76.8 Å². The normalized spacial score (nSPS) is 17.0. The molecule has 1 saturated heterocycles. The van der Waals surface area contributed by atoms with Gasteiger partial charge in [0.15, 0.2) is 12.4 Å². The SMILES string of the molecule is C[C@H](CCCCCCCCCCCCCCCc1cccc(OCc2ccccc2)c1C(=O)OC(c1ccccc1)c1ccccc1)O[C@H]1O[C@H](COCc2ccccc2)[C@@H](OCc2ccccc2)[C@H](OCc2ccccc2)[C@@H]1OCc1ccccc1. The summed E-state index contributed by atoms with van der Waals surface area (Å²) in [6, 6.07) is 76.9. The number of esters is 1. The second-order valence-corrected chi connectivity index (χ2v) is 23.1. The van der Waals surface area contributed by atoms with Crippen molar-refractivity contribution in [2.24, 2.45) is 0 Å². The molecular formula is C78H90O9. The van der Waals surface area contributed by atoms with E-state index in [0.717, 1.165) is 83.0 Å². The van der Waals surface area contributed by atoms with E-state index in [-0.39, 0.29) is 12.1 Å². The summed E-state index contributed by atoms with van der Waals surface area (Å²) in [5, 5.41) is 0. The van der Waals surface area contributed by atoms with Crippen LogP contribution in [0.3, 0.4) is 0 Å². The molecule has 0 N–H and O–H groups in total. The van der Waals surface area contributed by atoms with E-state index in [0.29, 0.717) is 51.0 Å². The lowest BCUT2D eigenvalue weighted by molar-refractivity contribution is -0.335. The molecule has 0 saturated carbocycles. The fourth-order valence-corrected chi connectivity index (χ4v) is 11.5. The molecule has 8 aromatic carbocycles. The van der Waals surface area contributed by atoms with Gasteiger partial charge in [-0.15, -0.1) is 0 Å². The predicted octanol–water partition coefficient (Wildman–Crippen LogP) is 18.3. The summed E-state index contributed by atoms with van der Waals surface area (Å²) in [6.45, 7) is 4.38. The van der Waals surface area contributed by atoms with Crippen molar-refractivity contribution in [3.05, 3.63) is 281 Å². The van der Waals surface area contributed by atoms with Gasteiger partial charge in [-0.1, -0.05) is 302 Å². The van der Waals surface area contributed by atoms with E-state index in [1.54, 1.807) is 0 Å². The first-order valence-corrected chi connectivity index (χ1v) is 32.0. The highest BCUT2D eigenvalue weighted by Gasteiger charge is 2.49. The summed E-state index contributed by atoms with van der Waals surface area (Å²) in [5.74, 6) is 0.187. The maximum absolute atomic E-state index is 14.4. The maximum Gasteiger partial charge on any atom is 0.343 e. The van der Waals surface area contributed by atoms with Crippen LogP contribution in [0.25, 0.3) is 0 Å². The van der Waals surface area contributed by atoms with Crippen LogP contribution in [0.5, 0.6) is 5.75 Å². The number of hydrogen-bond acceptors (Lipinski definition) is 9. The molecule has 0 aliphatic carbocycles. The topological polar surface area (TPSA) is 90.9 Å². The Bertz CT molecular complexity index is 3060. The van der Waals surface area contributed by atoms with Crippen molar-refractivity contribution >= 4 is 5.97 Å². The largest absolute Gasteiger partial charge is 0.488 e. The molecule has 87 heavy (non-hydrogen) atoms. The molecule has 8 aromatic rings. The third-order valence-corrected chi connectivity index (χ3v) is 16.2. The smallest absolute Gasteiger partial charge is 0.343 e. The lowest BCUT2D eigenvalue weighted by Crippen LogP contribution is -2.62. The third kappa shape index (κ3) is 21.6. The minimum atomic E-state index is -0.717. The van der Waals surface area contributed by atoms with Gasteiger partial charge >= 0.3 is 5.97 Å². The Kier molecular flexibility index (Phi) is 27.2. The molecule has 6 atom stereocenters. The molecule has 0 bridgehead atoms. The van der Waals surface area contributed by atoms with E-state index >= 15 is 0 Å². The average Bonchev–Trinajstić information content (AvgIpc) is 3.65. The van der Waals surface area contributed by atoms with Crippen LogP contribution >= 0.6 is 0 Å². The summed E-state index contributed by atoms with van der Waals surface area (Å²) in [6.07, 6.45) is 13.8. The van der Waals surface area contributed by atoms with Gasteiger partial charge in [0.2, 0.25) is 0 Å². The first kappa shape index (κ1) is 64.3. The maximum atomic E-state index is 14.4. The number of rotatable bonds is 38. The summed E-state index contributed by atoms with van der Waals surface area (Å²) < 4.78 is 53.8. The fraction of sp³-hybridized carbons (Fsp3) is 0.372. The van der Waals surface area contributed by atoms with E-state index < -0.39 is 36.8 Å². The van der Waals surface area contributed by atoms with Crippen LogP contribution in [0.2, 0.25) is 0 Å². The Morgan fingerprint density at radius 3 is 1.30 bits per heavy atom. The van der Waals surface area contributed by atoms with Gasteiger partial charge in [0.25, 0.3) is 0 Å². The molecule has 0 unspecified atom stereocenters. The van der Waals surface area contributed by atoms with Crippen molar-refractivity contribution in [2.45, 2.75) is 179 Å². The minimum Gasteiger partial charge on any atom is -0.488 e. The van der Waals surface area contributed by atoms with Crippen LogP contribution in [0.1, 0.15) is 158 Å². The van der Waals surface area contributed by atoms with Crippen LogP contribution in [0.4, 0.5) is 0 Å². The second-order valence-electron chi connectivity index (χ2n) is 23.1. The molecule has 9 nitrogen and oxygen atoms in total. The van der Waals surface area contributed by atoms with Crippen LogP contribution in [0, 0.1) is 0 Å². The standard InChI is InChI=1S/C78H90O9/c1-61(85-78-76(84-59-66-46-29-17-30-47-66)75(83-58-65-44-27-16-28-45-65)74(82-57-64-42-25-15-26-43-64)71(86-78)60-80-55-62-38-21-13-22-39-62)37-20-11-9-7-5-3-2-4-6-8-10-12-31-48-67-53-36-54-70(81-56-63-40-23-14-24-41-63)72(67)77(79)87-73(68-49-32-18-33-50-68)69-51-34-19-35-52-69/h13-19,21-30,32-36,38-47,49-54,61,71,73-76,78H,2-12,20,31,37,48,55-60H2,1H3/t61-,71-,74-,75+,76+,78+/m1/s1. The van der Waals surface area contributed by atoms with Crippen molar-refractivity contribution < 1.29 is 42.7 Å². The zero-order valence-electron chi connectivity index (χ0n) is 51.0. The van der Waals surface area contributed by atoms with Gasteiger partial charge in [0.05, 0.1) is 39.1 Å². The molecule has 456 valence electrons. The summed E-state index contributed by atoms with van der Waals surface area (Å²) in [7, 11) is 0. The predicted molar refractivity (Wildman–Crippen MR) is 346 cm³/mol. The Labute approximate surface area is 518 Å². The molecule has 1 heterocycles. The molecule has 0 spiro atoms. The van der Waals surface area contributed by atoms with Gasteiger partial charge in [-0.25, -0.2) is 4.79 Å². The first-order valence-electron chi connectivity index (χ1n) is 32.0. The molecule has 0 aromatic heterocycles. The highest BCUT2D eigenvalue weighted by atomic mass is 16.7. The Morgan fingerprint density at radius 1 is 0.414 bits per heavy atom. The van der Waals surface area contributed by atoms with E-state index in [1.807, 2.05) is 176 Å². The minimum absolute atomic E-state index is 0.0732. The molecule has 9 heteroatoms. The van der Waals surface area contributed by atoms with Crippen LogP contribution in [-0.4, -0.2) is 49.4 Å². The van der Waals surface area contributed by atoms with Crippen molar-refractivity contribution in [2.75, 3.05) is 6.61 Å². The number of carbonyl (C=O) groups excluding carboxylic acids is 1. The van der Waals surface area contributed by atoms with Crippen molar-refractivity contribution in [3.8, 4) is 5.75 Å². The zero-order chi connectivity index (χ0) is 59.8. The Hall–Kier alpha value is -7.21. The Morgan fingerprint density at radius 2 is 0.816 bits per heavy atom. The summed E-state index contributed by atoms with van der Waals surface area (Å²) in [5.41, 5.74) is 8.65. The quantitative estimate of drug-likeness (QED) is 0.0277. The van der Waals surface area contributed by atoms with Gasteiger partial charge in [-0.2, -0.15) is 0 Å². The van der Waals surface area contributed by atoms with Gasteiger partial charge in [0.1, 0.15) is 42.3 Å². The molecule has 1 aliphatic heterocycles. The zero-order valence-corrected chi connectivity index (χ0v) is 51.0. The van der Waals surface area contributed by atoms with Gasteiger partial charge in [-0.3, -0.25) is 0 Å². The third-order valence-electron chi connectivity index (χ3n) is 16.2. The number of hydrogen-bond donors (Lipinski definition) is 0. The van der Waals surface area contributed by atoms with E-state index in [4.69, 9.17) is 37.9 Å². The lowest BCUT2D eigenvalue weighted by Gasteiger charge is -2.46. The number of aryl methyl sites for hydroxylation is 1. The van der Waals surface area contributed by atoms with E-state index in [9.17, 15) is 4.79 Å². The van der Waals surface area contributed by atoms with Crippen LogP contribution < -0.4 is 4.74 Å². The molecule has 0 radical (unpaired) electrons. The van der Waals surface area contributed by atoms with Gasteiger partial charge in [0, 0.05) is 0 Å². The van der Waals surface area contributed by atoms with Crippen molar-refractivity contribution in [1.82, 2.24) is 0 Å². The van der Waals surface area contributed by atoms with Crippen molar-refractivity contribution in [3.63, 3.8) is 0 Å². The fourth-order valence-electron chi connectivity index (χ4n) is 11.5. The molecule has 0 amide bonds. The number of unbranched alkanes of at least 4 members (excludes halogenated alkanes) is 12. The summed E-state index contributed by atoms with van der Waals surface area (Å²) >= 11 is 0. The molecule has 9 rings (SSSR count). The highest BCUT2D eigenvalue weighted by molar-refractivity contribution is 5.94. The van der Waals surface area contributed by atoms with Gasteiger partial charge < -0.3 is 37.9 Å². The first-order chi connectivity index (χ1) is 43.0. The monoisotopic (exact) mass is 1170 g/mol. The highest BCUT2D eigenvalue weighted by Crippen LogP contribution is 2.35. The number of benzene rings is 8. The van der Waals surface area contributed by atoms with Crippen molar-refractivity contribution in [1.29, 1.82) is 0 Å². The molecule has 1 aliphatic rings. The number of carbonyl (C=O) groups is 1.